The third-order valence-electron chi connectivity index (χ3n) is 0.581. The van der Waals surface area contributed by atoms with Crippen molar-refractivity contribution >= 4 is 16.1 Å². The fourth-order valence-corrected chi connectivity index (χ4v) is 0.686. The van der Waals surface area contributed by atoms with E-state index in [1.807, 2.05) is 6.92 Å². The van der Waals surface area contributed by atoms with Crippen molar-refractivity contribution in [1.29, 1.82) is 0 Å². The number of hydrogen-bond acceptors (Lipinski definition) is 2. The quantitative estimate of drug-likeness (QED) is 0.563. The zero-order valence-electron chi connectivity index (χ0n) is 3.80. The first-order valence-corrected chi connectivity index (χ1v) is 2.55. The fourth-order valence-electron chi connectivity index (χ4n) is 0.319. The molecule has 0 amide bonds. The lowest BCUT2D eigenvalue weighted by molar-refractivity contribution is 0.896. The lowest BCUT2D eigenvalue weighted by atomic mass is 10.6. The predicted octanol–water partition coefficient (Wildman–Crippen LogP) is 0.745. The Balaban J connectivity index is 3.04. The van der Waals surface area contributed by atoms with Gasteiger partial charge in [0.15, 0.2) is 0 Å². The van der Waals surface area contributed by atoms with Gasteiger partial charge in [0.05, 0.1) is 28.0 Å². The molecule has 1 aromatic rings. The highest BCUT2D eigenvalue weighted by molar-refractivity contribution is 9.08. The van der Waals surface area contributed by atoms with E-state index in [0.717, 1.165) is 5.69 Å². The topological polar surface area (TPSA) is 30.7 Å². The maximum absolute atomic E-state index is 3.68. The lowest BCUT2D eigenvalue weighted by Crippen LogP contribution is -1.75. The molecule has 1 rings (SSSR count). The Kier molecular flexibility index (Phi) is 1.10. The number of halogens is 1. The second kappa shape index (κ2) is 1.61. The highest BCUT2D eigenvalue weighted by Crippen LogP contribution is 1.90. The van der Waals surface area contributed by atoms with Crippen molar-refractivity contribution in [2.24, 2.45) is 0 Å². The van der Waals surface area contributed by atoms with Gasteiger partial charge in [-0.1, -0.05) is 5.21 Å². The molecule has 7 heavy (non-hydrogen) atoms. The van der Waals surface area contributed by atoms with Gasteiger partial charge in [-0.2, -0.15) is 3.71 Å². The molecule has 0 spiro atoms. The molecular weight excluding hydrogens is 158 g/mol. The molecular formula is C3H4BrN3. The first-order valence-electron chi connectivity index (χ1n) is 1.84. The molecule has 0 saturated heterocycles. The molecule has 1 aromatic heterocycles. The van der Waals surface area contributed by atoms with Gasteiger partial charge in [0, 0.05) is 0 Å². The van der Waals surface area contributed by atoms with Crippen molar-refractivity contribution in [3.8, 4) is 0 Å². The van der Waals surface area contributed by atoms with E-state index in [4.69, 9.17) is 0 Å². The zero-order chi connectivity index (χ0) is 5.28. The first kappa shape index (κ1) is 4.77. The summed E-state index contributed by atoms with van der Waals surface area (Å²) in [5.41, 5.74) is 0.914. The summed E-state index contributed by atoms with van der Waals surface area (Å²) in [6, 6.07) is 0. The van der Waals surface area contributed by atoms with E-state index in [-0.39, 0.29) is 0 Å². The first-order chi connectivity index (χ1) is 3.29. The number of rotatable bonds is 0. The standard InChI is InChI=1S/C3H4BrN3/c1-3-2-7(4)6-5-3/h2H,1H3. The van der Waals surface area contributed by atoms with Gasteiger partial charge < -0.3 is 0 Å². The van der Waals surface area contributed by atoms with E-state index >= 15 is 0 Å². The molecule has 0 aliphatic carbocycles. The normalized spacial score (nSPS) is 9.43. The zero-order valence-corrected chi connectivity index (χ0v) is 5.38. The van der Waals surface area contributed by atoms with E-state index in [1.54, 1.807) is 6.20 Å². The molecule has 0 atom stereocenters. The van der Waals surface area contributed by atoms with Crippen LogP contribution < -0.4 is 0 Å². The number of nitrogens with zero attached hydrogens (tertiary/aromatic N) is 3. The van der Waals surface area contributed by atoms with Crippen LogP contribution in [0, 0.1) is 6.92 Å². The minimum Gasteiger partial charge on any atom is -0.184 e. The molecule has 0 aliphatic rings. The van der Waals surface area contributed by atoms with Gasteiger partial charge >= 0.3 is 0 Å². The van der Waals surface area contributed by atoms with Gasteiger partial charge in [-0.15, -0.1) is 5.10 Å². The van der Waals surface area contributed by atoms with E-state index in [0.29, 0.717) is 0 Å². The Labute approximate surface area is 49.7 Å². The van der Waals surface area contributed by atoms with Crippen molar-refractivity contribution in [2.75, 3.05) is 0 Å². The average Bonchev–Trinajstić information content (AvgIpc) is 1.87. The summed E-state index contributed by atoms with van der Waals surface area (Å²) in [7, 11) is 0. The van der Waals surface area contributed by atoms with Gasteiger partial charge in [-0.25, -0.2) is 0 Å². The minimum atomic E-state index is 0.914. The van der Waals surface area contributed by atoms with E-state index in [9.17, 15) is 0 Å². The van der Waals surface area contributed by atoms with E-state index in [1.165, 1.54) is 3.71 Å². The molecule has 38 valence electrons. The van der Waals surface area contributed by atoms with Crippen molar-refractivity contribution in [3.63, 3.8) is 0 Å². The smallest absolute Gasteiger partial charge is 0.0807 e. The van der Waals surface area contributed by atoms with Crippen LogP contribution in [0.3, 0.4) is 0 Å². The van der Waals surface area contributed by atoms with Gasteiger partial charge in [0.1, 0.15) is 0 Å². The number of aromatic nitrogens is 3. The van der Waals surface area contributed by atoms with Crippen LogP contribution in [0.2, 0.25) is 0 Å². The second-order valence-electron chi connectivity index (χ2n) is 1.25. The summed E-state index contributed by atoms with van der Waals surface area (Å²) in [5.74, 6) is 0. The van der Waals surface area contributed by atoms with Crippen LogP contribution in [-0.4, -0.2) is 14.0 Å². The summed E-state index contributed by atoms with van der Waals surface area (Å²) in [4.78, 5) is 0. The Morgan fingerprint density at radius 2 is 2.57 bits per heavy atom. The monoisotopic (exact) mass is 161 g/mol. The number of aryl methyl sites for hydroxylation is 1. The van der Waals surface area contributed by atoms with Gasteiger partial charge in [-0.3, -0.25) is 0 Å². The highest BCUT2D eigenvalue weighted by Gasteiger charge is 1.85. The van der Waals surface area contributed by atoms with Crippen LogP contribution in [-0.2, 0) is 0 Å². The molecule has 0 radical (unpaired) electrons. The third-order valence-corrected chi connectivity index (χ3v) is 0.928. The summed E-state index contributed by atoms with van der Waals surface area (Å²) in [6.45, 7) is 1.88. The number of hydrogen-bond donors (Lipinski definition) is 0. The van der Waals surface area contributed by atoms with Crippen LogP contribution in [0.4, 0.5) is 0 Å². The molecule has 0 bridgehead atoms. The molecule has 0 N–H and O–H groups in total. The van der Waals surface area contributed by atoms with Crippen LogP contribution in [0.25, 0.3) is 0 Å². The SMILES string of the molecule is Cc1cn(Br)nn1. The largest absolute Gasteiger partial charge is 0.184 e. The average molecular weight is 162 g/mol. The summed E-state index contributed by atoms with van der Waals surface area (Å²) >= 11 is 3.08. The molecule has 0 aliphatic heterocycles. The van der Waals surface area contributed by atoms with Crippen molar-refractivity contribution < 1.29 is 0 Å². The maximum atomic E-state index is 3.68. The summed E-state index contributed by atoms with van der Waals surface area (Å²) < 4.78 is 1.49. The lowest BCUT2D eigenvalue weighted by Gasteiger charge is -1.70. The van der Waals surface area contributed by atoms with Crippen molar-refractivity contribution in [2.45, 2.75) is 6.92 Å². The second-order valence-corrected chi connectivity index (χ2v) is 1.98. The molecule has 0 fully saturated rings. The Bertz CT molecular complexity index is 142. The van der Waals surface area contributed by atoms with Gasteiger partial charge in [-0.05, 0) is 6.92 Å². The van der Waals surface area contributed by atoms with Crippen LogP contribution in [0.5, 0.6) is 0 Å². The predicted molar refractivity (Wildman–Crippen MR) is 29.1 cm³/mol. The van der Waals surface area contributed by atoms with Gasteiger partial charge in [0.25, 0.3) is 0 Å². The molecule has 3 nitrogen and oxygen atoms in total. The summed E-state index contributed by atoms with van der Waals surface area (Å²) in [5, 5.41) is 7.28. The van der Waals surface area contributed by atoms with Crippen LogP contribution >= 0.6 is 16.1 Å². The van der Waals surface area contributed by atoms with Crippen LogP contribution in [0.15, 0.2) is 6.20 Å². The van der Waals surface area contributed by atoms with Crippen molar-refractivity contribution in [3.05, 3.63) is 11.9 Å². The molecule has 0 unspecified atom stereocenters. The molecule has 4 heteroatoms. The molecule has 0 aromatic carbocycles. The van der Waals surface area contributed by atoms with Crippen LogP contribution in [0.1, 0.15) is 5.69 Å². The third kappa shape index (κ3) is 0.991. The minimum absolute atomic E-state index is 0.914. The van der Waals surface area contributed by atoms with Crippen molar-refractivity contribution in [1.82, 2.24) is 14.0 Å². The Hall–Kier alpha value is -0.380. The van der Waals surface area contributed by atoms with Gasteiger partial charge in [0.2, 0.25) is 0 Å². The fraction of sp³-hybridized carbons (Fsp3) is 0.333. The van der Waals surface area contributed by atoms with E-state index < -0.39 is 0 Å². The Morgan fingerprint density at radius 1 is 1.86 bits per heavy atom. The van der Waals surface area contributed by atoms with E-state index in [2.05, 4.69) is 26.5 Å². The molecule has 0 saturated carbocycles. The molecule has 1 heterocycles. The maximum Gasteiger partial charge on any atom is 0.0807 e. The summed E-state index contributed by atoms with van der Waals surface area (Å²) in [6.07, 6.45) is 1.78. The highest BCUT2D eigenvalue weighted by atomic mass is 79.9. The Morgan fingerprint density at radius 3 is 2.71 bits per heavy atom.